The molecule has 1 saturated carbocycles. The number of rotatable bonds is 5. The van der Waals surface area contributed by atoms with E-state index in [1.54, 1.807) is 0 Å². The molecule has 0 aromatic carbocycles. The molecule has 16 heavy (non-hydrogen) atoms. The van der Waals surface area contributed by atoms with Crippen LogP contribution in [0.3, 0.4) is 0 Å². The first-order chi connectivity index (χ1) is 7.58. The summed E-state index contributed by atoms with van der Waals surface area (Å²) in [4.78, 5) is 1.83. The molecule has 0 radical (unpaired) electrons. The molecule has 1 aliphatic carbocycles. The summed E-state index contributed by atoms with van der Waals surface area (Å²) >= 11 is 0. The van der Waals surface area contributed by atoms with Crippen molar-refractivity contribution in [1.82, 2.24) is 4.90 Å². The van der Waals surface area contributed by atoms with Crippen molar-refractivity contribution in [3.63, 3.8) is 0 Å². The molecule has 3 atom stereocenters. The van der Waals surface area contributed by atoms with Gasteiger partial charge in [0.05, 0.1) is 12.6 Å². The second-order valence-electron chi connectivity index (χ2n) is 4.68. The maximum atomic E-state index is 12.5. The van der Waals surface area contributed by atoms with Crippen molar-refractivity contribution in [2.24, 2.45) is 5.92 Å². The van der Waals surface area contributed by atoms with Crippen molar-refractivity contribution in [2.45, 2.75) is 58.1 Å². The third kappa shape index (κ3) is 3.67. The van der Waals surface area contributed by atoms with Crippen molar-refractivity contribution >= 4 is 0 Å². The lowest BCUT2D eigenvalue weighted by atomic mass is 9.80. The largest absolute Gasteiger partial charge is 0.393 e. The van der Waals surface area contributed by atoms with E-state index >= 15 is 0 Å². The van der Waals surface area contributed by atoms with Crippen molar-refractivity contribution in [3.05, 3.63) is 0 Å². The number of alkyl halides is 2. The normalized spacial score (nSPS) is 31.3. The number of aliphatic hydroxyl groups is 1. The Morgan fingerprint density at radius 3 is 2.50 bits per heavy atom. The lowest BCUT2D eigenvalue weighted by molar-refractivity contribution is -0.00107. The maximum absolute atomic E-state index is 12.5. The third-order valence-corrected chi connectivity index (χ3v) is 3.70. The lowest BCUT2D eigenvalue weighted by Crippen LogP contribution is -2.47. The molecule has 3 unspecified atom stereocenters. The van der Waals surface area contributed by atoms with Crippen LogP contribution in [0.4, 0.5) is 8.78 Å². The minimum Gasteiger partial charge on any atom is -0.393 e. The predicted octanol–water partition coefficient (Wildman–Crippen LogP) is 2.51. The van der Waals surface area contributed by atoms with Crippen LogP contribution >= 0.6 is 0 Å². The predicted molar refractivity (Wildman–Crippen MR) is 60.7 cm³/mol. The molecule has 0 aliphatic heterocycles. The SMILES string of the molecule is CCC1CCC(O)CC1N(CC)CC(F)F. The molecule has 1 rings (SSSR count). The summed E-state index contributed by atoms with van der Waals surface area (Å²) in [5.74, 6) is 0.460. The summed E-state index contributed by atoms with van der Waals surface area (Å²) < 4.78 is 24.9. The molecule has 96 valence electrons. The van der Waals surface area contributed by atoms with Crippen molar-refractivity contribution in [2.75, 3.05) is 13.1 Å². The summed E-state index contributed by atoms with van der Waals surface area (Å²) in [5, 5.41) is 9.66. The van der Waals surface area contributed by atoms with Gasteiger partial charge in [-0.2, -0.15) is 0 Å². The zero-order chi connectivity index (χ0) is 12.1. The first kappa shape index (κ1) is 13.8. The standard InChI is InChI=1S/C12H23F2NO/c1-3-9-5-6-10(16)7-11(9)15(4-2)8-12(13)14/h9-12,16H,3-8H2,1-2H3. The number of halogens is 2. The molecule has 0 spiro atoms. The molecule has 1 fully saturated rings. The lowest BCUT2D eigenvalue weighted by Gasteiger charge is -2.41. The van der Waals surface area contributed by atoms with E-state index in [0.29, 0.717) is 18.9 Å². The van der Waals surface area contributed by atoms with E-state index in [1.807, 2.05) is 11.8 Å². The summed E-state index contributed by atoms with van der Waals surface area (Å²) in [6.07, 6.45) is 0.857. The number of aliphatic hydroxyl groups excluding tert-OH is 1. The average Bonchev–Trinajstić information content (AvgIpc) is 2.25. The van der Waals surface area contributed by atoms with Gasteiger partial charge < -0.3 is 5.11 Å². The highest BCUT2D eigenvalue weighted by molar-refractivity contribution is 4.86. The first-order valence-corrected chi connectivity index (χ1v) is 6.28. The van der Waals surface area contributed by atoms with Gasteiger partial charge in [0, 0.05) is 6.04 Å². The van der Waals surface area contributed by atoms with Crippen LogP contribution in [0.2, 0.25) is 0 Å². The highest BCUT2D eigenvalue weighted by Gasteiger charge is 2.32. The van der Waals surface area contributed by atoms with Crippen LogP contribution in [0.1, 0.15) is 39.5 Å². The molecule has 0 heterocycles. The Morgan fingerprint density at radius 2 is 2.00 bits per heavy atom. The Balaban J connectivity index is 2.63. The van der Waals surface area contributed by atoms with Crippen LogP contribution in [0.25, 0.3) is 0 Å². The molecule has 2 nitrogen and oxygen atoms in total. The molecular weight excluding hydrogens is 212 g/mol. The van der Waals surface area contributed by atoms with Gasteiger partial charge >= 0.3 is 0 Å². The van der Waals surface area contributed by atoms with E-state index in [9.17, 15) is 13.9 Å². The van der Waals surface area contributed by atoms with Crippen LogP contribution in [-0.4, -0.2) is 41.7 Å². The van der Waals surface area contributed by atoms with Gasteiger partial charge in [-0.25, -0.2) is 8.78 Å². The number of hydrogen-bond acceptors (Lipinski definition) is 2. The van der Waals surface area contributed by atoms with Gasteiger partial charge in [0.1, 0.15) is 0 Å². The maximum Gasteiger partial charge on any atom is 0.251 e. The van der Waals surface area contributed by atoms with Gasteiger partial charge in [-0.15, -0.1) is 0 Å². The molecule has 1 aliphatic rings. The molecule has 0 aromatic rings. The molecule has 0 aromatic heterocycles. The average molecular weight is 235 g/mol. The molecule has 4 heteroatoms. The minimum absolute atomic E-state index is 0.132. The van der Waals surface area contributed by atoms with Gasteiger partial charge in [-0.3, -0.25) is 4.90 Å². The summed E-state index contributed by atoms with van der Waals surface area (Å²) in [6, 6.07) is 0.132. The van der Waals surface area contributed by atoms with Gasteiger partial charge in [-0.1, -0.05) is 20.3 Å². The highest BCUT2D eigenvalue weighted by atomic mass is 19.3. The van der Waals surface area contributed by atoms with E-state index in [0.717, 1.165) is 19.3 Å². The van der Waals surface area contributed by atoms with E-state index in [-0.39, 0.29) is 18.7 Å². The number of hydrogen-bond donors (Lipinski definition) is 1. The summed E-state index contributed by atoms with van der Waals surface area (Å²) in [7, 11) is 0. The zero-order valence-corrected chi connectivity index (χ0v) is 10.2. The quantitative estimate of drug-likeness (QED) is 0.791. The van der Waals surface area contributed by atoms with Crippen LogP contribution in [0.15, 0.2) is 0 Å². The monoisotopic (exact) mass is 235 g/mol. The van der Waals surface area contributed by atoms with Crippen LogP contribution in [0, 0.1) is 5.92 Å². The minimum atomic E-state index is -2.28. The van der Waals surface area contributed by atoms with Gasteiger partial charge in [0.2, 0.25) is 0 Å². The van der Waals surface area contributed by atoms with Crippen LogP contribution < -0.4 is 0 Å². The van der Waals surface area contributed by atoms with Crippen LogP contribution in [-0.2, 0) is 0 Å². The highest BCUT2D eigenvalue weighted by Crippen LogP contribution is 2.31. The molecule has 0 saturated heterocycles. The van der Waals surface area contributed by atoms with E-state index < -0.39 is 6.43 Å². The molecular formula is C12H23F2NO. The topological polar surface area (TPSA) is 23.5 Å². The van der Waals surface area contributed by atoms with E-state index in [1.165, 1.54) is 0 Å². The second-order valence-corrected chi connectivity index (χ2v) is 4.68. The second kappa shape index (κ2) is 6.50. The fourth-order valence-corrected chi connectivity index (χ4v) is 2.79. The summed E-state index contributed by atoms with van der Waals surface area (Å²) in [6.45, 7) is 4.49. The first-order valence-electron chi connectivity index (χ1n) is 6.28. The van der Waals surface area contributed by atoms with Gasteiger partial charge in [0.25, 0.3) is 6.43 Å². The Hall–Kier alpha value is -0.220. The third-order valence-electron chi connectivity index (χ3n) is 3.70. The van der Waals surface area contributed by atoms with Crippen molar-refractivity contribution < 1.29 is 13.9 Å². The summed E-state index contributed by atoms with van der Waals surface area (Å²) in [5.41, 5.74) is 0. The Kier molecular flexibility index (Phi) is 5.62. The van der Waals surface area contributed by atoms with Gasteiger partial charge in [0.15, 0.2) is 0 Å². The fourth-order valence-electron chi connectivity index (χ4n) is 2.79. The van der Waals surface area contributed by atoms with Gasteiger partial charge in [-0.05, 0) is 31.7 Å². The zero-order valence-electron chi connectivity index (χ0n) is 10.2. The Labute approximate surface area is 96.6 Å². The smallest absolute Gasteiger partial charge is 0.251 e. The fraction of sp³-hybridized carbons (Fsp3) is 1.00. The molecule has 0 amide bonds. The van der Waals surface area contributed by atoms with Crippen LogP contribution in [0.5, 0.6) is 0 Å². The van der Waals surface area contributed by atoms with Crippen molar-refractivity contribution in [3.8, 4) is 0 Å². The molecule has 1 N–H and O–H groups in total. The molecule has 0 bridgehead atoms. The number of nitrogens with zero attached hydrogens (tertiary/aromatic N) is 1. The van der Waals surface area contributed by atoms with E-state index in [4.69, 9.17) is 0 Å². The van der Waals surface area contributed by atoms with Crippen molar-refractivity contribution in [1.29, 1.82) is 0 Å². The Morgan fingerprint density at radius 1 is 1.31 bits per heavy atom. The van der Waals surface area contributed by atoms with E-state index in [2.05, 4.69) is 6.92 Å². The Bertz CT molecular complexity index is 201.